The first-order chi connectivity index (χ1) is 9.00. The van der Waals surface area contributed by atoms with Crippen LogP contribution in [0.4, 0.5) is 0 Å². The zero-order valence-corrected chi connectivity index (χ0v) is 11.5. The second kappa shape index (κ2) is 5.61. The van der Waals surface area contributed by atoms with Crippen molar-refractivity contribution in [2.75, 3.05) is 13.1 Å². The smallest absolute Gasteiger partial charge is 0.342 e. The summed E-state index contributed by atoms with van der Waals surface area (Å²) in [6, 6.07) is 6.47. The Morgan fingerprint density at radius 1 is 1.32 bits per heavy atom. The molecule has 0 atom stereocenters. The predicted octanol–water partition coefficient (Wildman–Crippen LogP) is 2.33. The number of esters is 1. The summed E-state index contributed by atoms with van der Waals surface area (Å²) in [7, 11) is 0. The highest BCUT2D eigenvalue weighted by atomic mass is 16.6. The van der Waals surface area contributed by atoms with Crippen LogP contribution in [0.1, 0.15) is 37.0 Å². The normalized spacial score (nSPS) is 17.2. The van der Waals surface area contributed by atoms with Crippen LogP contribution in [-0.4, -0.2) is 29.8 Å². The first-order valence-electron chi connectivity index (χ1n) is 6.73. The maximum atomic E-state index is 12.1. The Morgan fingerprint density at radius 2 is 1.95 bits per heavy atom. The highest BCUT2D eigenvalue weighted by molar-refractivity contribution is 5.92. The summed E-state index contributed by atoms with van der Waals surface area (Å²) in [5.41, 5.74) is -0.286. The first kappa shape index (κ1) is 13.9. The third-order valence-corrected chi connectivity index (χ3v) is 3.80. The van der Waals surface area contributed by atoms with Crippen LogP contribution < -0.4 is 5.32 Å². The number of para-hydroxylation sites is 1. The molecule has 0 bridgehead atoms. The molecule has 0 aromatic heterocycles. The van der Waals surface area contributed by atoms with E-state index in [2.05, 4.69) is 5.32 Å². The third kappa shape index (κ3) is 3.26. The van der Waals surface area contributed by atoms with Crippen LogP contribution in [0.5, 0.6) is 5.75 Å². The topological polar surface area (TPSA) is 58.6 Å². The van der Waals surface area contributed by atoms with Crippen molar-refractivity contribution in [1.29, 1.82) is 0 Å². The molecule has 0 spiro atoms. The zero-order chi connectivity index (χ0) is 13.9. The number of benzene rings is 1. The molecule has 0 radical (unpaired) electrons. The van der Waals surface area contributed by atoms with Gasteiger partial charge in [0, 0.05) is 5.92 Å². The van der Waals surface area contributed by atoms with Crippen LogP contribution in [0, 0.1) is 5.92 Å². The molecule has 1 heterocycles. The number of phenols is 1. The molecular weight excluding hydrogens is 242 g/mol. The largest absolute Gasteiger partial charge is 0.507 e. The van der Waals surface area contributed by atoms with E-state index in [0.717, 1.165) is 25.9 Å². The fraction of sp³-hybridized carbons (Fsp3) is 0.533. The summed E-state index contributed by atoms with van der Waals surface area (Å²) in [6.45, 7) is 5.81. The van der Waals surface area contributed by atoms with E-state index < -0.39 is 11.6 Å². The number of nitrogens with one attached hydrogen (secondary N) is 1. The van der Waals surface area contributed by atoms with Gasteiger partial charge in [0.2, 0.25) is 0 Å². The summed E-state index contributed by atoms with van der Waals surface area (Å²) >= 11 is 0. The van der Waals surface area contributed by atoms with Gasteiger partial charge < -0.3 is 15.2 Å². The van der Waals surface area contributed by atoms with E-state index in [1.807, 2.05) is 13.8 Å². The van der Waals surface area contributed by atoms with Gasteiger partial charge in [0.15, 0.2) is 0 Å². The van der Waals surface area contributed by atoms with Crippen LogP contribution in [0.2, 0.25) is 0 Å². The molecule has 4 nitrogen and oxygen atoms in total. The molecule has 2 N–H and O–H groups in total. The molecule has 1 aromatic carbocycles. The lowest BCUT2D eigenvalue weighted by Gasteiger charge is -2.36. The molecule has 2 rings (SSSR count). The lowest BCUT2D eigenvalue weighted by Crippen LogP contribution is -2.42. The van der Waals surface area contributed by atoms with Crippen LogP contribution >= 0.6 is 0 Å². The molecule has 1 saturated heterocycles. The lowest BCUT2D eigenvalue weighted by molar-refractivity contribution is -0.0369. The van der Waals surface area contributed by atoms with Gasteiger partial charge in [-0.3, -0.25) is 0 Å². The van der Waals surface area contributed by atoms with E-state index in [1.54, 1.807) is 18.2 Å². The molecule has 4 heteroatoms. The number of phenolic OH excluding ortho intramolecular Hbond substituents is 1. The van der Waals surface area contributed by atoms with Crippen molar-refractivity contribution in [3.8, 4) is 5.75 Å². The van der Waals surface area contributed by atoms with Gasteiger partial charge in [-0.25, -0.2) is 4.79 Å². The highest BCUT2D eigenvalue weighted by Crippen LogP contribution is 2.30. The van der Waals surface area contributed by atoms with Crippen molar-refractivity contribution in [2.24, 2.45) is 5.92 Å². The van der Waals surface area contributed by atoms with Gasteiger partial charge >= 0.3 is 5.97 Å². The lowest BCUT2D eigenvalue weighted by atomic mass is 9.83. The molecule has 0 amide bonds. The van der Waals surface area contributed by atoms with Crippen LogP contribution in [-0.2, 0) is 4.74 Å². The molecular formula is C15H21NO3. The van der Waals surface area contributed by atoms with E-state index in [0.29, 0.717) is 5.92 Å². The number of carbonyl (C=O) groups excluding carboxylic acids is 1. The van der Waals surface area contributed by atoms with E-state index >= 15 is 0 Å². The molecule has 104 valence electrons. The molecule has 1 aliphatic rings. The summed E-state index contributed by atoms with van der Waals surface area (Å²) in [6.07, 6.45) is 2.00. The molecule has 19 heavy (non-hydrogen) atoms. The molecule has 0 unspecified atom stereocenters. The summed E-state index contributed by atoms with van der Waals surface area (Å²) in [5.74, 6) is -0.140. The van der Waals surface area contributed by atoms with Gasteiger partial charge in [0.05, 0.1) is 0 Å². The first-order valence-corrected chi connectivity index (χ1v) is 6.73. The van der Waals surface area contributed by atoms with E-state index in [-0.39, 0.29) is 11.3 Å². The van der Waals surface area contributed by atoms with Crippen LogP contribution in [0.25, 0.3) is 0 Å². The van der Waals surface area contributed by atoms with E-state index in [1.165, 1.54) is 6.07 Å². The summed E-state index contributed by atoms with van der Waals surface area (Å²) in [5, 5.41) is 13.0. The van der Waals surface area contributed by atoms with Gasteiger partial charge in [-0.15, -0.1) is 0 Å². The van der Waals surface area contributed by atoms with Crippen LogP contribution in [0.15, 0.2) is 24.3 Å². The Labute approximate surface area is 113 Å². The van der Waals surface area contributed by atoms with E-state index in [9.17, 15) is 9.90 Å². The Hall–Kier alpha value is -1.55. The molecule has 1 fully saturated rings. The Balaban J connectivity index is 2.07. The maximum absolute atomic E-state index is 12.1. The number of hydrogen-bond donors (Lipinski definition) is 2. The van der Waals surface area contributed by atoms with Crippen molar-refractivity contribution >= 4 is 5.97 Å². The minimum atomic E-state index is -0.512. The Morgan fingerprint density at radius 3 is 2.58 bits per heavy atom. The number of carbonyl (C=O) groups is 1. The quantitative estimate of drug-likeness (QED) is 0.822. The SMILES string of the molecule is CC(C)(OC(=O)c1ccccc1O)C1CCNCC1. The average molecular weight is 263 g/mol. The Kier molecular flexibility index (Phi) is 4.10. The van der Waals surface area contributed by atoms with Crippen molar-refractivity contribution in [3.63, 3.8) is 0 Å². The van der Waals surface area contributed by atoms with Crippen molar-refractivity contribution in [1.82, 2.24) is 5.32 Å². The summed E-state index contributed by atoms with van der Waals surface area (Å²) in [4.78, 5) is 12.1. The van der Waals surface area contributed by atoms with Crippen molar-refractivity contribution in [3.05, 3.63) is 29.8 Å². The number of aromatic hydroxyl groups is 1. The maximum Gasteiger partial charge on any atom is 0.342 e. The minimum Gasteiger partial charge on any atom is -0.507 e. The standard InChI is InChI=1S/C15H21NO3/c1-15(2,11-7-9-16-10-8-11)19-14(18)12-5-3-4-6-13(12)17/h3-6,11,16-17H,7-10H2,1-2H3. The molecule has 0 saturated carbocycles. The average Bonchev–Trinajstić information content (AvgIpc) is 2.39. The molecule has 1 aromatic rings. The molecule has 0 aliphatic carbocycles. The number of rotatable bonds is 3. The van der Waals surface area contributed by atoms with Crippen molar-refractivity contribution < 1.29 is 14.6 Å². The fourth-order valence-electron chi connectivity index (χ4n) is 2.54. The molecule has 1 aliphatic heterocycles. The second-order valence-corrected chi connectivity index (χ2v) is 5.53. The number of ether oxygens (including phenoxy) is 1. The fourth-order valence-corrected chi connectivity index (χ4v) is 2.54. The minimum absolute atomic E-state index is 0.0337. The third-order valence-electron chi connectivity index (χ3n) is 3.80. The highest BCUT2D eigenvalue weighted by Gasteiger charge is 2.34. The van der Waals surface area contributed by atoms with Crippen molar-refractivity contribution in [2.45, 2.75) is 32.3 Å². The van der Waals surface area contributed by atoms with E-state index in [4.69, 9.17) is 4.74 Å². The predicted molar refractivity (Wildman–Crippen MR) is 73.2 cm³/mol. The van der Waals surface area contributed by atoms with Gasteiger partial charge in [0.1, 0.15) is 16.9 Å². The van der Waals surface area contributed by atoms with Gasteiger partial charge in [-0.05, 0) is 51.9 Å². The zero-order valence-electron chi connectivity index (χ0n) is 11.5. The Bertz CT molecular complexity index is 450. The van der Waals surface area contributed by atoms with Gasteiger partial charge in [-0.1, -0.05) is 12.1 Å². The number of hydrogen-bond acceptors (Lipinski definition) is 4. The van der Waals surface area contributed by atoms with Crippen LogP contribution in [0.3, 0.4) is 0 Å². The van der Waals surface area contributed by atoms with Gasteiger partial charge in [-0.2, -0.15) is 0 Å². The monoisotopic (exact) mass is 263 g/mol. The second-order valence-electron chi connectivity index (χ2n) is 5.53. The number of piperidine rings is 1. The van der Waals surface area contributed by atoms with Gasteiger partial charge in [0.25, 0.3) is 0 Å². The summed E-state index contributed by atoms with van der Waals surface area (Å²) < 4.78 is 5.62.